The number of carbonyl (C=O) groups excluding carboxylic acids is 2. The Morgan fingerprint density at radius 3 is 2.32 bits per heavy atom. The van der Waals surface area contributed by atoms with Crippen LogP contribution in [0.15, 0.2) is 48.0 Å². The summed E-state index contributed by atoms with van der Waals surface area (Å²) in [6, 6.07) is 10.2. The Labute approximate surface area is 180 Å². The molecule has 0 radical (unpaired) electrons. The lowest BCUT2D eigenvalue weighted by molar-refractivity contribution is -0.140. The minimum Gasteiger partial charge on any atom is -0.508 e. The van der Waals surface area contributed by atoms with Crippen LogP contribution in [0.1, 0.15) is 17.2 Å². The summed E-state index contributed by atoms with van der Waals surface area (Å²) >= 11 is 0. The molecule has 0 aromatic heterocycles. The molecule has 2 N–H and O–H groups in total. The van der Waals surface area contributed by atoms with Crippen molar-refractivity contribution in [3.05, 3.63) is 59.2 Å². The van der Waals surface area contributed by atoms with Crippen LogP contribution in [0.4, 0.5) is 0 Å². The van der Waals surface area contributed by atoms with Crippen LogP contribution in [0.3, 0.4) is 0 Å². The number of nitrogens with zero attached hydrogens (tertiary/aromatic N) is 2. The Kier molecular flexibility index (Phi) is 6.50. The summed E-state index contributed by atoms with van der Waals surface area (Å²) < 4.78 is 10.6. The highest BCUT2D eigenvalue weighted by atomic mass is 16.5. The van der Waals surface area contributed by atoms with Crippen molar-refractivity contribution in [1.82, 2.24) is 9.80 Å². The van der Waals surface area contributed by atoms with E-state index >= 15 is 0 Å². The zero-order valence-electron chi connectivity index (χ0n) is 18.0. The minimum atomic E-state index is -0.809. The van der Waals surface area contributed by atoms with Crippen molar-refractivity contribution in [2.75, 3.05) is 41.4 Å². The second-order valence-corrected chi connectivity index (χ2v) is 7.45. The summed E-state index contributed by atoms with van der Waals surface area (Å²) in [7, 11) is 6.68. The summed E-state index contributed by atoms with van der Waals surface area (Å²) in [5.41, 5.74) is 0.802. The largest absolute Gasteiger partial charge is 0.508 e. The molecule has 8 heteroatoms. The minimum absolute atomic E-state index is 0.0407. The van der Waals surface area contributed by atoms with Gasteiger partial charge in [-0.25, -0.2) is 0 Å². The zero-order chi connectivity index (χ0) is 22.7. The van der Waals surface area contributed by atoms with Crippen LogP contribution in [0.5, 0.6) is 17.2 Å². The molecule has 1 heterocycles. The fourth-order valence-electron chi connectivity index (χ4n) is 3.57. The van der Waals surface area contributed by atoms with Gasteiger partial charge in [-0.2, -0.15) is 0 Å². The van der Waals surface area contributed by atoms with Gasteiger partial charge in [0.15, 0.2) is 0 Å². The van der Waals surface area contributed by atoms with Crippen molar-refractivity contribution >= 4 is 17.4 Å². The molecule has 1 unspecified atom stereocenters. The Hall–Kier alpha value is -3.52. The standard InChI is InChI=1S/C23H26N2O6/c1-24(2)11-12-25-20(14-5-7-15(26)8-6-14)19(22(28)23(25)29)21(27)17-13-16(30-3)9-10-18(17)31-4/h5-10,13,20,26-27H,11-12H2,1-4H3/b21-19+. The van der Waals surface area contributed by atoms with Crippen LogP contribution < -0.4 is 9.47 Å². The first-order valence-corrected chi connectivity index (χ1v) is 9.73. The Morgan fingerprint density at radius 1 is 1.06 bits per heavy atom. The Balaban J connectivity index is 2.21. The van der Waals surface area contributed by atoms with Gasteiger partial charge in [-0.3, -0.25) is 9.59 Å². The van der Waals surface area contributed by atoms with Gasteiger partial charge in [-0.1, -0.05) is 12.1 Å². The van der Waals surface area contributed by atoms with Gasteiger partial charge in [0.05, 0.1) is 31.4 Å². The number of phenolic OH excluding ortho intramolecular Hbond substituents is 1. The predicted octanol–water partition coefficient (Wildman–Crippen LogP) is 2.39. The van der Waals surface area contributed by atoms with Gasteiger partial charge in [0, 0.05) is 13.1 Å². The maximum absolute atomic E-state index is 13.0. The second-order valence-electron chi connectivity index (χ2n) is 7.45. The average molecular weight is 426 g/mol. The van der Waals surface area contributed by atoms with Gasteiger partial charge < -0.3 is 29.5 Å². The van der Waals surface area contributed by atoms with Gasteiger partial charge in [0.25, 0.3) is 11.7 Å². The van der Waals surface area contributed by atoms with Crippen LogP contribution in [0, 0.1) is 0 Å². The van der Waals surface area contributed by atoms with E-state index in [9.17, 15) is 19.8 Å². The van der Waals surface area contributed by atoms with E-state index in [-0.39, 0.29) is 29.2 Å². The number of likely N-dealkylation sites (tertiary alicyclic amines) is 1. The molecule has 0 aliphatic carbocycles. The predicted molar refractivity (Wildman–Crippen MR) is 115 cm³/mol. The van der Waals surface area contributed by atoms with Crippen molar-refractivity contribution in [3.63, 3.8) is 0 Å². The quantitative estimate of drug-likeness (QED) is 0.398. The average Bonchev–Trinajstić information content (AvgIpc) is 3.01. The van der Waals surface area contributed by atoms with Crippen molar-refractivity contribution < 1.29 is 29.3 Å². The van der Waals surface area contributed by atoms with E-state index in [1.54, 1.807) is 30.3 Å². The molecule has 1 amide bonds. The number of ketones is 1. The molecular formula is C23H26N2O6. The van der Waals surface area contributed by atoms with E-state index in [1.807, 2.05) is 19.0 Å². The molecule has 0 spiro atoms. The highest BCUT2D eigenvalue weighted by Gasteiger charge is 2.46. The molecule has 2 aromatic carbocycles. The lowest BCUT2D eigenvalue weighted by Crippen LogP contribution is -2.35. The second kappa shape index (κ2) is 9.09. The number of rotatable bonds is 7. The van der Waals surface area contributed by atoms with E-state index in [2.05, 4.69) is 0 Å². The Morgan fingerprint density at radius 2 is 1.74 bits per heavy atom. The monoisotopic (exact) mass is 426 g/mol. The van der Waals surface area contributed by atoms with Crippen LogP contribution in [0.25, 0.3) is 5.76 Å². The van der Waals surface area contributed by atoms with Crippen molar-refractivity contribution in [2.45, 2.75) is 6.04 Å². The number of hydrogen-bond donors (Lipinski definition) is 2. The number of phenols is 1. The third-order valence-corrected chi connectivity index (χ3v) is 5.20. The lowest BCUT2D eigenvalue weighted by Gasteiger charge is -2.26. The van der Waals surface area contributed by atoms with Crippen molar-refractivity contribution in [2.24, 2.45) is 0 Å². The SMILES string of the molecule is COc1ccc(OC)c(/C(O)=C2\C(=O)C(=O)N(CCN(C)C)C2c2ccc(O)cc2)c1. The molecule has 1 saturated heterocycles. The summed E-state index contributed by atoms with van der Waals surface area (Å²) in [6.45, 7) is 0.819. The number of amides is 1. The van der Waals surface area contributed by atoms with Crippen LogP contribution in [-0.2, 0) is 9.59 Å². The molecule has 1 atom stereocenters. The van der Waals surface area contributed by atoms with Crippen LogP contribution in [0.2, 0.25) is 0 Å². The highest BCUT2D eigenvalue weighted by molar-refractivity contribution is 6.46. The first-order chi connectivity index (χ1) is 14.8. The zero-order valence-corrected chi connectivity index (χ0v) is 18.0. The maximum atomic E-state index is 13.0. The van der Waals surface area contributed by atoms with E-state index in [1.165, 1.54) is 31.3 Å². The first-order valence-electron chi connectivity index (χ1n) is 9.73. The smallest absolute Gasteiger partial charge is 0.295 e. The van der Waals surface area contributed by atoms with Crippen molar-refractivity contribution in [3.8, 4) is 17.2 Å². The number of Topliss-reactive ketones (excluding diaryl/α,β-unsaturated/α-hetero) is 1. The first kappa shape index (κ1) is 22.2. The van der Waals surface area contributed by atoms with E-state index in [4.69, 9.17) is 9.47 Å². The van der Waals surface area contributed by atoms with Crippen molar-refractivity contribution in [1.29, 1.82) is 0 Å². The molecule has 2 aromatic rings. The number of carbonyl (C=O) groups is 2. The van der Waals surface area contributed by atoms with Crippen LogP contribution >= 0.6 is 0 Å². The lowest BCUT2D eigenvalue weighted by atomic mass is 9.95. The number of methoxy groups -OCH3 is 2. The molecule has 1 aliphatic rings. The van der Waals surface area contributed by atoms with Crippen LogP contribution in [-0.4, -0.2) is 73.1 Å². The molecule has 1 aliphatic heterocycles. The molecule has 3 rings (SSSR count). The number of hydrogen-bond acceptors (Lipinski definition) is 7. The normalized spacial score (nSPS) is 18.0. The third-order valence-electron chi connectivity index (χ3n) is 5.20. The molecule has 1 fully saturated rings. The summed E-state index contributed by atoms with van der Waals surface area (Å²) in [5.74, 6) is -0.960. The molecule has 8 nitrogen and oxygen atoms in total. The van der Waals surface area contributed by atoms with E-state index < -0.39 is 17.7 Å². The molecule has 0 saturated carbocycles. The van der Waals surface area contributed by atoms with E-state index in [0.717, 1.165) is 0 Å². The molecule has 164 valence electrons. The molecule has 31 heavy (non-hydrogen) atoms. The van der Waals surface area contributed by atoms with Gasteiger partial charge in [-0.05, 0) is 50.0 Å². The number of ether oxygens (including phenoxy) is 2. The van der Waals surface area contributed by atoms with Gasteiger partial charge in [0.2, 0.25) is 0 Å². The molecular weight excluding hydrogens is 400 g/mol. The number of aromatic hydroxyl groups is 1. The number of aliphatic hydroxyl groups excluding tert-OH is 1. The van der Waals surface area contributed by atoms with Gasteiger partial charge >= 0.3 is 0 Å². The third kappa shape index (κ3) is 4.34. The van der Waals surface area contributed by atoms with E-state index in [0.29, 0.717) is 23.6 Å². The fourth-order valence-corrected chi connectivity index (χ4v) is 3.57. The van der Waals surface area contributed by atoms with Gasteiger partial charge in [-0.15, -0.1) is 0 Å². The maximum Gasteiger partial charge on any atom is 0.295 e. The molecule has 0 bridgehead atoms. The highest BCUT2D eigenvalue weighted by Crippen LogP contribution is 2.41. The summed E-state index contributed by atoms with van der Waals surface area (Å²) in [5, 5.41) is 20.9. The number of benzene rings is 2. The van der Waals surface area contributed by atoms with Gasteiger partial charge in [0.1, 0.15) is 23.0 Å². The summed E-state index contributed by atoms with van der Waals surface area (Å²) in [6.07, 6.45) is 0. The Bertz CT molecular complexity index is 1010. The fraction of sp³-hybridized carbons (Fsp3) is 0.304. The topological polar surface area (TPSA) is 99.5 Å². The number of likely N-dealkylation sites (N-methyl/N-ethyl adjacent to an activating group) is 1. The summed E-state index contributed by atoms with van der Waals surface area (Å²) in [4.78, 5) is 29.3. The number of aliphatic hydroxyl groups is 1.